The standard InChI is InChI=1S/C20H28N4O2/c1-2-3-12-26-20-14-19(17(21)13-18(20)22)24-16-6-4-15(5-7-16)8-9-23-10-11-25/h4-7,13-14,21,23,25H,2-3,8-12,22H2,1H3. The maximum absolute atomic E-state index is 8.75. The third-order valence-electron chi connectivity index (χ3n) is 3.95. The van der Waals surface area contributed by atoms with Crippen LogP contribution in [0.2, 0.25) is 0 Å². The molecule has 0 atom stereocenters. The molecule has 6 nitrogen and oxygen atoms in total. The van der Waals surface area contributed by atoms with E-state index in [2.05, 4.69) is 17.2 Å². The van der Waals surface area contributed by atoms with Crippen LogP contribution in [0.4, 0.5) is 5.69 Å². The number of nitrogens with zero attached hydrogens (tertiary/aromatic N) is 1. The first-order chi connectivity index (χ1) is 12.6. The molecule has 0 spiro atoms. The molecule has 1 aliphatic carbocycles. The number of unbranched alkanes of at least 4 members (excludes halogenated alkanes) is 1. The van der Waals surface area contributed by atoms with Crippen LogP contribution in [-0.4, -0.2) is 42.8 Å². The Kier molecular flexibility index (Phi) is 8.05. The van der Waals surface area contributed by atoms with Crippen LogP contribution in [0.15, 0.2) is 52.9 Å². The summed E-state index contributed by atoms with van der Waals surface area (Å²) in [5.41, 5.74) is 9.22. The summed E-state index contributed by atoms with van der Waals surface area (Å²) in [6.45, 7) is 4.30. The summed E-state index contributed by atoms with van der Waals surface area (Å²) in [4.78, 5) is 4.55. The second-order valence-electron chi connectivity index (χ2n) is 6.11. The van der Waals surface area contributed by atoms with E-state index in [0.717, 1.165) is 31.5 Å². The predicted octanol–water partition coefficient (Wildman–Crippen LogP) is 2.46. The Bertz CT molecular complexity index is 690. The summed E-state index contributed by atoms with van der Waals surface area (Å²) in [5, 5.41) is 20.0. The van der Waals surface area contributed by atoms with E-state index in [1.807, 2.05) is 24.3 Å². The molecule has 0 heterocycles. The maximum Gasteiger partial charge on any atom is 0.144 e. The Morgan fingerprint density at radius 1 is 1.19 bits per heavy atom. The average molecular weight is 356 g/mol. The summed E-state index contributed by atoms with van der Waals surface area (Å²) in [6, 6.07) is 7.93. The van der Waals surface area contributed by atoms with Gasteiger partial charge in [0.1, 0.15) is 5.76 Å². The molecule has 26 heavy (non-hydrogen) atoms. The van der Waals surface area contributed by atoms with Gasteiger partial charge in [0.05, 0.1) is 36.0 Å². The van der Waals surface area contributed by atoms with Crippen LogP contribution in [-0.2, 0) is 11.2 Å². The van der Waals surface area contributed by atoms with Crippen LogP contribution in [0.3, 0.4) is 0 Å². The molecule has 0 bridgehead atoms. The molecule has 0 saturated carbocycles. The highest BCUT2D eigenvalue weighted by Gasteiger charge is 2.15. The molecule has 0 unspecified atom stereocenters. The number of hydrogen-bond donors (Lipinski definition) is 4. The van der Waals surface area contributed by atoms with Crippen LogP contribution in [0.25, 0.3) is 0 Å². The van der Waals surface area contributed by atoms with Gasteiger partial charge in [0.25, 0.3) is 0 Å². The van der Waals surface area contributed by atoms with Gasteiger partial charge in [-0.05, 0) is 43.2 Å². The van der Waals surface area contributed by atoms with Crippen LogP contribution >= 0.6 is 0 Å². The van der Waals surface area contributed by atoms with E-state index in [4.69, 9.17) is 21.0 Å². The third kappa shape index (κ3) is 6.13. The lowest BCUT2D eigenvalue weighted by Crippen LogP contribution is -2.20. The van der Waals surface area contributed by atoms with Crippen LogP contribution in [0, 0.1) is 5.41 Å². The zero-order chi connectivity index (χ0) is 18.8. The Hall–Kier alpha value is -2.44. The van der Waals surface area contributed by atoms with Gasteiger partial charge in [0, 0.05) is 12.6 Å². The van der Waals surface area contributed by atoms with Gasteiger partial charge in [-0.1, -0.05) is 25.5 Å². The highest BCUT2D eigenvalue weighted by molar-refractivity contribution is 6.50. The summed E-state index contributed by atoms with van der Waals surface area (Å²) >= 11 is 0. The molecular formula is C20H28N4O2. The van der Waals surface area contributed by atoms with Crippen molar-refractivity contribution in [3.05, 3.63) is 53.4 Å². The molecule has 0 saturated heterocycles. The van der Waals surface area contributed by atoms with Crippen molar-refractivity contribution in [1.82, 2.24) is 5.32 Å². The molecule has 6 heteroatoms. The van der Waals surface area contributed by atoms with Gasteiger partial charge in [-0.2, -0.15) is 0 Å². The number of nitrogens with one attached hydrogen (secondary N) is 2. The number of ether oxygens (including phenoxy) is 1. The Morgan fingerprint density at radius 2 is 1.96 bits per heavy atom. The number of aliphatic imine (C=N–C) groups is 1. The van der Waals surface area contributed by atoms with E-state index >= 15 is 0 Å². The van der Waals surface area contributed by atoms with Gasteiger partial charge in [-0.3, -0.25) is 5.41 Å². The van der Waals surface area contributed by atoms with E-state index in [1.165, 1.54) is 5.56 Å². The third-order valence-corrected chi connectivity index (χ3v) is 3.95. The average Bonchev–Trinajstić information content (AvgIpc) is 2.64. The quantitative estimate of drug-likeness (QED) is 0.382. The van der Waals surface area contributed by atoms with Crippen molar-refractivity contribution in [3.8, 4) is 0 Å². The fraction of sp³-hybridized carbons (Fsp3) is 0.400. The number of benzene rings is 1. The lowest BCUT2D eigenvalue weighted by molar-refractivity contribution is 0.215. The van der Waals surface area contributed by atoms with E-state index in [0.29, 0.717) is 30.3 Å². The first-order valence-electron chi connectivity index (χ1n) is 9.04. The number of hydrogen-bond acceptors (Lipinski definition) is 6. The number of nitrogens with two attached hydrogens (primary N) is 1. The van der Waals surface area contributed by atoms with Crippen molar-refractivity contribution in [2.75, 3.05) is 26.3 Å². The van der Waals surface area contributed by atoms with E-state index < -0.39 is 0 Å². The first kappa shape index (κ1) is 19.9. The summed E-state index contributed by atoms with van der Waals surface area (Å²) in [6.07, 6.45) is 6.22. The smallest absolute Gasteiger partial charge is 0.144 e. The zero-order valence-corrected chi connectivity index (χ0v) is 15.3. The summed E-state index contributed by atoms with van der Waals surface area (Å²) in [5.74, 6) is 0.583. The minimum Gasteiger partial charge on any atom is -0.491 e. The second-order valence-corrected chi connectivity index (χ2v) is 6.11. The number of allylic oxidation sites excluding steroid dienone is 2. The topological polar surface area (TPSA) is 104 Å². The molecule has 1 aromatic rings. The van der Waals surface area contributed by atoms with Crippen LogP contribution in [0.1, 0.15) is 25.3 Å². The lowest BCUT2D eigenvalue weighted by Gasteiger charge is -2.15. The Balaban J connectivity index is 2.03. The van der Waals surface area contributed by atoms with Crippen LogP contribution < -0.4 is 11.1 Å². The molecule has 5 N–H and O–H groups in total. The van der Waals surface area contributed by atoms with Gasteiger partial charge in [0.2, 0.25) is 0 Å². The summed E-state index contributed by atoms with van der Waals surface area (Å²) < 4.78 is 5.70. The van der Waals surface area contributed by atoms with Crippen molar-refractivity contribution in [3.63, 3.8) is 0 Å². The van der Waals surface area contributed by atoms with Gasteiger partial charge in [-0.15, -0.1) is 0 Å². The Labute approximate surface area is 155 Å². The van der Waals surface area contributed by atoms with Gasteiger partial charge < -0.3 is 20.9 Å². The van der Waals surface area contributed by atoms with E-state index in [1.54, 1.807) is 12.2 Å². The van der Waals surface area contributed by atoms with Gasteiger partial charge >= 0.3 is 0 Å². The first-order valence-corrected chi connectivity index (χ1v) is 9.04. The molecule has 0 amide bonds. The zero-order valence-electron chi connectivity index (χ0n) is 15.3. The van der Waals surface area contributed by atoms with E-state index in [-0.39, 0.29) is 12.3 Å². The fourth-order valence-corrected chi connectivity index (χ4v) is 2.44. The Morgan fingerprint density at radius 3 is 2.65 bits per heavy atom. The fourth-order valence-electron chi connectivity index (χ4n) is 2.44. The number of aliphatic hydroxyl groups is 1. The molecule has 1 aromatic carbocycles. The van der Waals surface area contributed by atoms with Crippen molar-refractivity contribution in [2.24, 2.45) is 10.7 Å². The molecular weight excluding hydrogens is 328 g/mol. The van der Waals surface area contributed by atoms with Crippen molar-refractivity contribution < 1.29 is 9.84 Å². The predicted molar refractivity (Wildman–Crippen MR) is 106 cm³/mol. The largest absolute Gasteiger partial charge is 0.491 e. The summed E-state index contributed by atoms with van der Waals surface area (Å²) in [7, 11) is 0. The highest BCUT2D eigenvalue weighted by Crippen LogP contribution is 2.18. The van der Waals surface area contributed by atoms with Crippen molar-refractivity contribution in [1.29, 1.82) is 5.41 Å². The van der Waals surface area contributed by atoms with Gasteiger partial charge in [0.15, 0.2) is 0 Å². The highest BCUT2D eigenvalue weighted by atomic mass is 16.5. The monoisotopic (exact) mass is 356 g/mol. The minimum absolute atomic E-state index is 0.152. The minimum atomic E-state index is 0.152. The van der Waals surface area contributed by atoms with Crippen molar-refractivity contribution in [2.45, 2.75) is 26.2 Å². The molecule has 2 rings (SSSR count). The normalized spacial score (nSPS) is 15.8. The van der Waals surface area contributed by atoms with Crippen molar-refractivity contribution >= 4 is 17.1 Å². The lowest BCUT2D eigenvalue weighted by atomic mass is 10.1. The molecule has 140 valence electrons. The number of rotatable bonds is 10. The molecule has 0 radical (unpaired) electrons. The number of aliphatic hydroxyl groups excluding tert-OH is 1. The molecule has 0 aliphatic heterocycles. The molecule has 0 aromatic heterocycles. The van der Waals surface area contributed by atoms with E-state index in [9.17, 15) is 0 Å². The molecule has 1 aliphatic rings. The maximum atomic E-state index is 8.75. The van der Waals surface area contributed by atoms with Crippen LogP contribution in [0.5, 0.6) is 0 Å². The molecule has 0 fully saturated rings. The van der Waals surface area contributed by atoms with Gasteiger partial charge in [-0.25, -0.2) is 4.99 Å². The SMILES string of the molecule is CCCCOC1=CC(=Nc2ccc(CCNCCO)cc2)C(=N)C=C1N. The second kappa shape index (κ2) is 10.5.